The molecule has 7 nitrogen and oxygen atoms in total. The van der Waals surface area contributed by atoms with Crippen LogP contribution in [0.25, 0.3) is 0 Å². The van der Waals surface area contributed by atoms with E-state index in [0.717, 1.165) is 0 Å². The van der Waals surface area contributed by atoms with Gasteiger partial charge in [-0.1, -0.05) is 32.0 Å². The molecule has 0 saturated carbocycles. The Hall–Kier alpha value is -2.58. The van der Waals surface area contributed by atoms with Crippen molar-refractivity contribution in [3.63, 3.8) is 0 Å². The lowest BCUT2D eigenvalue weighted by molar-refractivity contribution is -0.125. The van der Waals surface area contributed by atoms with Gasteiger partial charge in [0.1, 0.15) is 6.61 Å². The van der Waals surface area contributed by atoms with Crippen molar-refractivity contribution >= 4 is 21.6 Å². The van der Waals surface area contributed by atoms with Crippen LogP contribution in [-0.2, 0) is 14.8 Å². The Morgan fingerprint density at radius 2 is 1.81 bits per heavy atom. The average Bonchev–Trinajstić information content (AvgIpc) is 2.68. The van der Waals surface area contributed by atoms with Crippen molar-refractivity contribution in [3.05, 3.63) is 48.5 Å². The van der Waals surface area contributed by atoms with Gasteiger partial charge in [-0.15, -0.1) is 0 Å². The van der Waals surface area contributed by atoms with Crippen LogP contribution in [0.4, 0.5) is 5.69 Å². The molecule has 1 amide bonds. The summed E-state index contributed by atoms with van der Waals surface area (Å²) in [6.45, 7) is 4.40. The number of hydrogen-bond acceptors (Lipinski definition) is 5. The molecule has 0 fully saturated rings. The smallest absolute Gasteiger partial charge is 0.269 e. The number of carbonyl (C=O) groups is 1. The number of benzene rings is 2. The van der Waals surface area contributed by atoms with Gasteiger partial charge in [-0.3, -0.25) is 4.79 Å². The Balaban J connectivity index is 1.74. The summed E-state index contributed by atoms with van der Waals surface area (Å²) in [6, 6.07) is 13.3. The molecule has 1 heterocycles. The molecular formula is C19H22N2O5S. The fourth-order valence-corrected chi connectivity index (χ4v) is 4.32. The minimum atomic E-state index is -3.60. The maximum Gasteiger partial charge on any atom is 0.269 e. The molecule has 1 aliphatic heterocycles. The molecule has 0 spiro atoms. The maximum absolute atomic E-state index is 12.6. The van der Waals surface area contributed by atoms with E-state index < -0.39 is 22.0 Å². The molecule has 2 aromatic carbocycles. The molecule has 0 saturated heterocycles. The molecule has 0 bridgehead atoms. The number of anilines is 1. The Labute approximate surface area is 158 Å². The second-order valence-electron chi connectivity index (χ2n) is 5.97. The number of para-hydroxylation sites is 2. The number of carbonyl (C=O) groups excluding carboxylic acids is 1. The Bertz CT molecular complexity index is 925. The zero-order chi connectivity index (χ0) is 19.4. The van der Waals surface area contributed by atoms with Gasteiger partial charge in [0.05, 0.1) is 4.90 Å². The van der Waals surface area contributed by atoms with Crippen LogP contribution in [0.2, 0.25) is 0 Å². The van der Waals surface area contributed by atoms with Crippen LogP contribution < -0.4 is 14.8 Å². The van der Waals surface area contributed by atoms with E-state index in [4.69, 9.17) is 9.47 Å². The second-order valence-corrected chi connectivity index (χ2v) is 7.91. The average molecular weight is 390 g/mol. The van der Waals surface area contributed by atoms with Crippen molar-refractivity contribution in [1.29, 1.82) is 0 Å². The van der Waals surface area contributed by atoms with Crippen LogP contribution in [0.5, 0.6) is 11.5 Å². The number of hydrogen-bond donors (Lipinski definition) is 1. The van der Waals surface area contributed by atoms with Crippen LogP contribution in [0.15, 0.2) is 53.4 Å². The highest BCUT2D eigenvalue weighted by Crippen LogP contribution is 2.31. The van der Waals surface area contributed by atoms with Gasteiger partial charge in [0.15, 0.2) is 11.5 Å². The summed E-state index contributed by atoms with van der Waals surface area (Å²) >= 11 is 0. The lowest BCUT2D eigenvalue weighted by Gasteiger charge is -2.25. The molecule has 0 unspecified atom stereocenters. The number of rotatable bonds is 6. The van der Waals surface area contributed by atoms with Crippen LogP contribution in [0.1, 0.15) is 13.8 Å². The van der Waals surface area contributed by atoms with Crippen LogP contribution in [0, 0.1) is 0 Å². The highest BCUT2D eigenvalue weighted by molar-refractivity contribution is 7.89. The number of ether oxygens (including phenoxy) is 2. The quantitative estimate of drug-likeness (QED) is 0.819. The summed E-state index contributed by atoms with van der Waals surface area (Å²) in [5.74, 6) is 0.692. The van der Waals surface area contributed by atoms with E-state index in [0.29, 0.717) is 30.3 Å². The van der Waals surface area contributed by atoms with Gasteiger partial charge >= 0.3 is 0 Å². The van der Waals surface area contributed by atoms with Crippen molar-refractivity contribution < 1.29 is 22.7 Å². The standard InChI is InChI=1S/C19H22N2O5S/c1-3-21(4-2)27(23,24)15-9-7-8-14(12-15)20-19(22)18-13-25-16-10-5-6-11-17(16)26-18/h5-12,18H,3-4,13H2,1-2H3,(H,20,22)/t18-/m0/s1. The molecule has 27 heavy (non-hydrogen) atoms. The molecule has 0 radical (unpaired) electrons. The fraction of sp³-hybridized carbons (Fsp3) is 0.316. The number of nitrogens with zero attached hydrogens (tertiary/aromatic N) is 1. The number of sulfonamides is 1. The molecule has 8 heteroatoms. The van der Waals surface area contributed by atoms with Crippen molar-refractivity contribution in [2.24, 2.45) is 0 Å². The molecular weight excluding hydrogens is 368 g/mol. The van der Waals surface area contributed by atoms with Gasteiger partial charge in [0.25, 0.3) is 5.91 Å². The van der Waals surface area contributed by atoms with Gasteiger partial charge in [-0.2, -0.15) is 4.31 Å². The van der Waals surface area contributed by atoms with Gasteiger partial charge in [0.2, 0.25) is 16.1 Å². The lowest BCUT2D eigenvalue weighted by Crippen LogP contribution is -2.40. The zero-order valence-electron chi connectivity index (χ0n) is 15.2. The molecule has 144 valence electrons. The third-order valence-corrected chi connectivity index (χ3v) is 6.29. The third kappa shape index (κ3) is 4.06. The topological polar surface area (TPSA) is 84.9 Å². The van der Waals surface area contributed by atoms with Gasteiger partial charge in [0, 0.05) is 18.8 Å². The SMILES string of the molecule is CCN(CC)S(=O)(=O)c1cccc(NC(=O)[C@@H]2COc3ccccc3O2)c1. The predicted octanol–water partition coefficient (Wildman–Crippen LogP) is 2.50. The Morgan fingerprint density at radius 3 is 2.52 bits per heavy atom. The normalized spacial score (nSPS) is 16.2. The fourth-order valence-electron chi connectivity index (χ4n) is 2.82. The molecule has 1 N–H and O–H groups in total. The van der Waals surface area contributed by atoms with Gasteiger partial charge in [-0.25, -0.2) is 8.42 Å². The highest BCUT2D eigenvalue weighted by Gasteiger charge is 2.28. The predicted molar refractivity (Wildman–Crippen MR) is 102 cm³/mol. The van der Waals surface area contributed by atoms with E-state index in [1.807, 2.05) is 6.07 Å². The first-order chi connectivity index (χ1) is 13.0. The molecule has 0 aromatic heterocycles. The van der Waals surface area contributed by atoms with E-state index in [9.17, 15) is 13.2 Å². The third-order valence-electron chi connectivity index (χ3n) is 4.25. The monoisotopic (exact) mass is 390 g/mol. The minimum absolute atomic E-state index is 0.0836. The number of nitrogens with one attached hydrogen (secondary N) is 1. The largest absolute Gasteiger partial charge is 0.485 e. The van der Waals surface area contributed by atoms with E-state index in [1.165, 1.54) is 16.4 Å². The van der Waals surface area contributed by atoms with Crippen molar-refractivity contribution in [1.82, 2.24) is 4.31 Å². The molecule has 2 aromatic rings. The number of fused-ring (bicyclic) bond motifs is 1. The first-order valence-corrected chi connectivity index (χ1v) is 10.2. The van der Waals surface area contributed by atoms with Crippen LogP contribution in [0.3, 0.4) is 0 Å². The maximum atomic E-state index is 12.6. The highest BCUT2D eigenvalue weighted by atomic mass is 32.2. The van der Waals surface area contributed by atoms with Crippen molar-refractivity contribution in [2.75, 3.05) is 25.0 Å². The summed E-state index contributed by atoms with van der Waals surface area (Å²) in [5, 5.41) is 2.70. The summed E-state index contributed by atoms with van der Waals surface area (Å²) in [7, 11) is -3.60. The second kappa shape index (κ2) is 7.98. The van der Waals surface area contributed by atoms with E-state index in [1.54, 1.807) is 44.2 Å². The lowest BCUT2D eigenvalue weighted by atomic mass is 10.2. The van der Waals surface area contributed by atoms with Crippen molar-refractivity contribution in [2.45, 2.75) is 24.8 Å². The van der Waals surface area contributed by atoms with Gasteiger partial charge < -0.3 is 14.8 Å². The summed E-state index contributed by atoms with van der Waals surface area (Å²) < 4.78 is 37.9. The molecule has 3 rings (SSSR count). The molecule has 0 aliphatic carbocycles. The van der Waals surface area contributed by atoms with E-state index in [2.05, 4.69) is 5.32 Å². The molecule has 1 atom stereocenters. The summed E-state index contributed by atoms with van der Waals surface area (Å²) in [6.07, 6.45) is -0.817. The minimum Gasteiger partial charge on any atom is -0.485 e. The number of amides is 1. The van der Waals surface area contributed by atoms with Crippen LogP contribution >= 0.6 is 0 Å². The molecule has 1 aliphatic rings. The zero-order valence-corrected chi connectivity index (χ0v) is 16.0. The first kappa shape index (κ1) is 19.2. The Kier molecular flexibility index (Phi) is 5.67. The Morgan fingerprint density at radius 1 is 1.11 bits per heavy atom. The van der Waals surface area contributed by atoms with E-state index >= 15 is 0 Å². The van der Waals surface area contributed by atoms with Crippen LogP contribution in [-0.4, -0.2) is 44.4 Å². The summed E-state index contributed by atoms with van der Waals surface area (Å²) in [4.78, 5) is 12.6. The van der Waals surface area contributed by atoms with E-state index in [-0.39, 0.29) is 11.5 Å². The first-order valence-electron chi connectivity index (χ1n) is 8.75. The van der Waals surface area contributed by atoms with Gasteiger partial charge in [-0.05, 0) is 30.3 Å². The van der Waals surface area contributed by atoms with Crippen molar-refractivity contribution in [3.8, 4) is 11.5 Å². The summed E-state index contributed by atoms with van der Waals surface area (Å²) in [5.41, 5.74) is 0.385.